The molecule has 106 valence electrons. The lowest BCUT2D eigenvalue weighted by Crippen LogP contribution is -2.30. The van der Waals surface area contributed by atoms with Gasteiger partial charge in [0.2, 0.25) is 0 Å². The maximum Gasteiger partial charge on any atom is 0.129 e. The van der Waals surface area contributed by atoms with Crippen LogP contribution in [-0.4, -0.2) is 0 Å². The topological polar surface area (TPSA) is 38.0 Å². The van der Waals surface area contributed by atoms with E-state index in [-0.39, 0.29) is 5.82 Å². The number of nitrogens with one attached hydrogen (secondary N) is 1. The van der Waals surface area contributed by atoms with Crippen LogP contribution in [0.4, 0.5) is 4.39 Å². The molecule has 2 aromatic carbocycles. The van der Waals surface area contributed by atoms with E-state index in [1.807, 2.05) is 0 Å². The number of rotatable bonds is 4. The molecule has 0 fully saturated rings. The van der Waals surface area contributed by atoms with Crippen LogP contribution < -0.4 is 11.3 Å². The van der Waals surface area contributed by atoms with E-state index in [1.54, 1.807) is 30.3 Å². The fourth-order valence-corrected chi connectivity index (χ4v) is 3.19. The molecule has 0 spiro atoms. The van der Waals surface area contributed by atoms with Gasteiger partial charge in [-0.3, -0.25) is 11.3 Å². The van der Waals surface area contributed by atoms with Crippen molar-refractivity contribution in [1.82, 2.24) is 5.43 Å². The third kappa shape index (κ3) is 3.32. The lowest BCUT2D eigenvalue weighted by Gasteiger charge is -2.20. The lowest BCUT2D eigenvalue weighted by atomic mass is 9.99. The Balaban J connectivity index is 2.39. The third-order valence-electron chi connectivity index (χ3n) is 3.02. The van der Waals surface area contributed by atoms with E-state index in [2.05, 4.69) is 21.4 Å². The monoisotopic (exact) mass is 376 g/mol. The van der Waals surface area contributed by atoms with Crippen LogP contribution in [-0.2, 0) is 6.42 Å². The van der Waals surface area contributed by atoms with Gasteiger partial charge in [0, 0.05) is 20.1 Å². The molecule has 0 aromatic heterocycles. The van der Waals surface area contributed by atoms with Crippen molar-refractivity contribution in [2.45, 2.75) is 12.5 Å². The van der Waals surface area contributed by atoms with E-state index < -0.39 is 6.04 Å². The van der Waals surface area contributed by atoms with E-state index in [1.165, 1.54) is 6.07 Å². The summed E-state index contributed by atoms with van der Waals surface area (Å²) in [7, 11) is 0. The van der Waals surface area contributed by atoms with Gasteiger partial charge in [0.1, 0.15) is 5.82 Å². The van der Waals surface area contributed by atoms with Crippen molar-refractivity contribution in [3.05, 3.63) is 67.9 Å². The highest BCUT2D eigenvalue weighted by Crippen LogP contribution is 2.32. The van der Waals surface area contributed by atoms with Crippen LogP contribution in [0.5, 0.6) is 0 Å². The first-order valence-corrected chi connectivity index (χ1v) is 7.42. The fraction of sp³-hybridized carbons (Fsp3) is 0.143. The number of halogens is 4. The minimum absolute atomic E-state index is 0.342. The van der Waals surface area contributed by atoms with Gasteiger partial charge in [-0.25, -0.2) is 4.39 Å². The Morgan fingerprint density at radius 2 is 1.75 bits per heavy atom. The molecule has 0 aliphatic heterocycles. The van der Waals surface area contributed by atoms with Crippen LogP contribution in [0, 0.1) is 5.82 Å². The standard InChI is InChI=1S/C14H12BrCl2FN2/c15-9-3-1-6-12(18)14(9)13(20-19)7-8-10(16)4-2-5-11(8)17/h1-6,13,20H,7,19H2. The zero-order chi connectivity index (χ0) is 14.7. The first-order valence-electron chi connectivity index (χ1n) is 5.87. The van der Waals surface area contributed by atoms with Crippen molar-refractivity contribution in [3.63, 3.8) is 0 Å². The quantitative estimate of drug-likeness (QED) is 0.601. The number of hydrogen-bond donors (Lipinski definition) is 2. The Bertz CT molecular complexity index is 582. The van der Waals surface area contributed by atoms with Gasteiger partial charge in [-0.05, 0) is 36.2 Å². The molecule has 0 amide bonds. The second-order valence-corrected chi connectivity index (χ2v) is 5.93. The van der Waals surface area contributed by atoms with Crippen LogP contribution in [0.25, 0.3) is 0 Å². The average molecular weight is 378 g/mol. The van der Waals surface area contributed by atoms with E-state index in [9.17, 15) is 4.39 Å². The number of benzene rings is 2. The molecular weight excluding hydrogens is 366 g/mol. The highest BCUT2D eigenvalue weighted by atomic mass is 79.9. The second-order valence-electron chi connectivity index (χ2n) is 4.26. The van der Waals surface area contributed by atoms with Gasteiger partial charge in [-0.15, -0.1) is 0 Å². The Hall–Kier alpha value is -0.650. The van der Waals surface area contributed by atoms with Crippen LogP contribution in [0.3, 0.4) is 0 Å². The maximum atomic E-state index is 14.0. The van der Waals surface area contributed by atoms with Crippen molar-refractivity contribution < 1.29 is 4.39 Å². The molecule has 2 nitrogen and oxygen atoms in total. The lowest BCUT2D eigenvalue weighted by molar-refractivity contribution is 0.508. The summed E-state index contributed by atoms with van der Waals surface area (Å²) >= 11 is 15.6. The minimum Gasteiger partial charge on any atom is -0.271 e. The third-order valence-corrected chi connectivity index (χ3v) is 4.42. The van der Waals surface area contributed by atoms with Gasteiger partial charge in [-0.2, -0.15) is 0 Å². The van der Waals surface area contributed by atoms with Crippen molar-refractivity contribution in [3.8, 4) is 0 Å². The SMILES string of the molecule is NNC(Cc1c(Cl)cccc1Cl)c1c(F)cccc1Br. The molecule has 0 bridgehead atoms. The second kappa shape index (κ2) is 6.87. The summed E-state index contributed by atoms with van der Waals surface area (Å²) in [5.41, 5.74) is 3.80. The molecule has 3 N–H and O–H groups in total. The van der Waals surface area contributed by atoms with Gasteiger partial charge < -0.3 is 0 Å². The molecule has 1 atom stereocenters. The summed E-state index contributed by atoms with van der Waals surface area (Å²) in [5, 5.41) is 1.07. The van der Waals surface area contributed by atoms with Crippen LogP contribution in [0.15, 0.2) is 40.9 Å². The number of nitrogens with two attached hydrogens (primary N) is 1. The van der Waals surface area contributed by atoms with Crippen molar-refractivity contribution in [2.75, 3.05) is 0 Å². The largest absolute Gasteiger partial charge is 0.271 e. The summed E-state index contributed by atoms with van der Waals surface area (Å²) in [5.74, 6) is 5.22. The summed E-state index contributed by atoms with van der Waals surface area (Å²) in [6.07, 6.45) is 0.383. The van der Waals surface area contributed by atoms with E-state index in [4.69, 9.17) is 29.0 Å². The average Bonchev–Trinajstić information content (AvgIpc) is 2.40. The Morgan fingerprint density at radius 3 is 2.30 bits per heavy atom. The molecule has 0 heterocycles. The molecule has 20 heavy (non-hydrogen) atoms. The van der Waals surface area contributed by atoms with Crippen molar-refractivity contribution in [2.24, 2.45) is 5.84 Å². The number of hydrogen-bond acceptors (Lipinski definition) is 2. The van der Waals surface area contributed by atoms with Crippen LogP contribution in [0.1, 0.15) is 17.2 Å². The van der Waals surface area contributed by atoms with Crippen molar-refractivity contribution >= 4 is 39.1 Å². The minimum atomic E-state index is -0.442. The summed E-state index contributed by atoms with van der Waals surface area (Å²) < 4.78 is 14.6. The Morgan fingerprint density at radius 1 is 1.15 bits per heavy atom. The number of hydrazine groups is 1. The van der Waals surface area contributed by atoms with Crippen LogP contribution >= 0.6 is 39.1 Å². The fourth-order valence-electron chi connectivity index (χ4n) is 2.02. The molecule has 0 aliphatic carbocycles. The van der Waals surface area contributed by atoms with Gasteiger partial charge in [0.05, 0.1) is 6.04 Å². The van der Waals surface area contributed by atoms with Crippen molar-refractivity contribution in [1.29, 1.82) is 0 Å². The molecule has 0 saturated carbocycles. The normalized spacial score (nSPS) is 12.4. The van der Waals surface area contributed by atoms with Gasteiger partial charge in [-0.1, -0.05) is 51.3 Å². The predicted octanol–water partition coefficient (Wildman–Crippen LogP) is 4.64. The molecule has 2 aromatic rings. The highest BCUT2D eigenvalue weighted by Gasteiger charge is 2.20. The molecule has 6 heteroatoms. The predicted molar refractivity (Wildman–Crippen MR) is 84.3 cm³/mol. The van der Waals surface area contributed by atoms with Gasteiger partial charge in [0.15, 0.2) is 0 Å². The molecule has 0 saturated heterocycles. The molecule has 2 rings (SSSR count). The maximum absolute atomic E-state index is 14.0. The summed E-state index contributed by atoms with van der Waals surface area (Å²) in [6.45, 7) is 0. The molecular formula is C14H12BrCl2FN2. The summed E-state index contributed by atoms with van der Waals surface area (Å²) in [4.78, 5) is 0. The Kier molecular flexibility index (Phi) is 5.41. The van der Waals surface area contributed by atoms with Gasteiger partial charge >= 0.3 is 0 Å². The van der Waals surface area contributed by atoms with Gasteiger partial charge in [0.25, 0.3) is 0 Å². The molecule has 0 aliphatic rings. The van der Waals surface area contributed by atoms with E-state index in [0.717, 1.165) is 5.56 Å². The Labute approximate surface area is 135 Å². The highest BCUT2D eigenvalue weighted by molar-refractivity contribution is 9.10. The zero-order valence-electron chi connectivity index (χ0n) is 10.3. The molecule has 0 radical (unpaired) electrons. The first kappa shape index (κ1) is 15.7. The van der Waals surface area contributed by atoms with Crippen LogP contribution in [0.2, 0.25) is 10.0 Å². The molecule has 1 unspecified atom stereocenters. The zero-order valence-corrected chi connectivity index (χ0v) is 13.4. The smallest absolute Gasteiger partial charge is 0.129 e. The van der Waals surface area contributed by atoms with E-state index >= 15 is 0 Å². The first-order chi connectivity index (χ1) is 9.54. The van der Waals surface area contributed by atoms with E-state index in [0.29, 0.717) is 26.5 Å². The summed E-state index contributed by atoms with van der Waals surface area (Å²) in [6, 6.07) is 9.58.